The Bertz CT molecular complexity index is 748. The quantitative estimate of drug-likeness (QED) is 0.786. The highest BCUT2D eigenvalue weighted by Gasteiger charge is 2.20. The zero-order valence-corrected chi connectivity index (χ0v) is 16.2. The van der Waals surface area contributed by atoms with E-state index in [-0.39, 0.29) is 5.91 Å². The summed E-state index contributed by atoms with van der Waals surface area (Å²) in [6.45, 7) is 4.47. The Balaban J connectivity index is 1.56. The van der Waals surface area contributed by atoms with Crippen molar-refractivity contribution >= 4 is 5.91 Å². The van der Waals surface area contributed by atoms with Crippen molar-refractivity contribution in [3.8, 4) is 11.5 Å². The maximum absolute atomic E-state index is 12.8. The zero-order valence-electron chi connectivity index (χ0n) is 16.2. The standard InChI is InChI=1S/C22H28N2O3/c1-26-20-10-9-19(15-21(20)27-2)16-22(25)24-12-6-11-23(13-14-24)17-18-7-4-3-5-8-18/h3-5,7-10,15H,6,11-14,16-17H2,1-2H3. The third-order valence-corrected chi connectivity index (χ3v) is 4.99. The summed E-state index contributed by atoms with van der Waals surface area (Å²) in [5.74, 6) is 1.51. The third-order valence-electron chi connectivity index (χ3n) is 4.99. The molecule has 1 fully saturated rings. The maximum Gasteiger partial charge on any atom is 0.227 e. The van der Waals surface area contributed by atoms with Crippen LogP contribution in [0.2, 0.25) is 0 Å². The number of rotatable bonds is 6. The molecule has 0 radical (unpaired) electrons. The van der Waals surface area contributed by atoms with Gasteiger partial charge < -0.3 is 14.4 Å². The van der Waals surface area contributed by atoms with Crippen LogP contribution in [0.4, 0.5) is 0 Å². The Morgan fingerprint density at radius 3 is 2.41 bits per heavy atom. The van der Waals surface area contributed by atoms with Crippen LogP contribution in [-0.4, -0.2) is 56.1 Å². The Hall–Kier alpha value is -2.53. The lowest BCUT2D eigenvalue weighted by atomic mass is 10.1. The summed E-state index contributed by atoms with van der Waals surface area (Å²) in [7, 11) is 3.22. The molecular formula is C22H28N2O3. The van der Waals surface area contributed by atoms with E-state index in [0.717, 1.165) is 44.7 Å². The smallest absolute Gasteiger partial charge is 0.227 e. The van der Waals surface area contributed by atoms with Crippen LogP contribution in [0.5, 0.6) is 11.5 Å². The van der Waals surface area contributed by atoms with Crippen LogP contribution < -0.4 is 9.47 Å². The molecule has 0 N–H and O–H groups in total. The Labute approximate surface area is 161 Å². The van der Waals surface area contributed by atoms with Gasteiger partial charge in [-0.2, -0.15) is 0 Å². The van der Waals surface area contributed by atoms with E-state index < -0.39 is 0 Å². The molecule has 5 heteroatoms. The van der Waals surface area contributed by atoms with E-state index in [2.05, 4.69) is 29.2 Å². The molecular weight excluding hydrogens is 340 g/mol. The Morgan fingerprint density at radius 1 is 0.889 bits per heavy atom. The lowest BCUT2D eigenvalue weighted by Crippen LogP contribution is -2.36. The summed E-state index contributed by atoms with van der Waals surface area (Å²) in [4.78, 5) is 17.2. The molecule has 5 nitrogen and oxygen atoms in total. The second kappa shape index (κ2) is 9.42. The molecule has 1 heterocycles. The molecule has 1 aliphatic rings. The lowest BCUT2D eigenvalue weighted by molar-refractivity contribution is -0.130. The van der Waals surface area contributed by atoms with Crippen molar-refractivity contribution in [3.63, 3.8) is 0 Å². The fourth-order valence-corrected chi connectivity index (χ4v) is 3.50. The van der Waals surface area contributed by atoms with Crippen molar-refractivity contribution < 1.29 is 14.3 Å². The first kappa shape index (κ1) is 19.2. The van der Waals surface area contributed by atoms with Gasteiger partial charge in [0.2, 0.25) is 5.91 Å². The van der Waals surface area contributed by atoms with E-state index in [1.54, 1.807) is 14.2 Å². The summed E-state index contributed by atoms with van der Waals surface area (Å²) in [5, 5.41) is 0. The van der Waals surface area contributed by atoms with Crippen LogP contribution in [0, 0.1) is 0 Å². The van der Waals surface area contributed by atoms with Gasteiger partial charge in [0.15, 0.2) is 11.5 Å². The molecule has 0 unspecified atom stereocenters. The van der Waals surface area contributed by atoms with E-state index in [9.17, 15) is 4.79 Å². The molecule has 2 aromatic rings. The molecule has 0 aromatic heterocycles. The minimum atomic E-state index is 0.170. The number of ether oxygens (including phenoxy) is 2. The first-order valence-corrected chi connectivity index (χ1v) is 9.44. The summed E-state index contributed by atoms with van der Waals surface area (Å²) < 4.78 is 10.6. The first-order valence-electron chi connectivity index (χ1n) is 9.44. The fraction of sp³-hybridized carbons (Fsp3) is 0.409. The number of amides is 1. The molecule has 1 saturated heterocycles. The SMILES string of the molecule is COc1ccc(CC(=O)N2CCCN(Cc3ccccc3)CC2)cc1OC. The maximum atomic E-state index is 12.8. The average Bonchev–Trinajstić information content (AvgIpc) is 2.94. The van der Waals surface area contributed by atoms with Crippen molar-refractivity contribution in [1.29, 1.82) is 0 Å². The summed E-state index contributed by atoms with van der Waals surface area (Å²) in [5.41, 5.74) is 2.27. The van der Waals surface area contributed by atoms with Gasteiger partial charge in [0.1, 0.15) is 0 Å². The second-order valence-electron chi connectivity index (χ2n) is 6.86. The van der Waals surface area contributed by atoms with Crippen LogP contribution in [-0.2, 0) is 17.8 Å². The molecule has 0 saturated carbocycles. The molecule has 0 spiro atoms. The second-order valence-corrected chi connectivity index (χ2v) is 6.86. The highest BCUT2D eigenvalue weighted by atomic mass is 16.5. The van der Waals surface area contributed by atoms with Gasteiger partial charge in [0.25, 0.3) is 0 Å². The van der Waals surface area contributed by atoms with Crippen molar-refractivity contribution in [2.24, 2.45) is 0 Å². The van der Waals surface area contributed by atoms with Crippen LogP contribution in [0.25, 0.3) is 0 Å². The van der Waals surface area contributed by atoms with Crippen LogP contribution in [0.1, 0.15) is 17.5 Å². The number of hydrogen-bond donors (Lipinski definition) is 0. The van der Waals surface area contributed by atoms with E-state index in [0.29, 0.717) is 17.9 Å². The first-order chi connectivity index (χ1) is 13.2. The lowest BCUT2D eigenvalue weighted by Gasteiger charge is -2.22. The van der Waals surface area contributed by atoms with Gasteiger partial charge >= 0.3 is 0 Å². The molecule has 3 rings (SSSR count). The Kier molecular flexibility index (Phi) is 6.71. The van der Waals surface area contributed by atoms with E-state index >= 15 is 0 Å². The van der Waals surface area contributed by atoms with Crippen LogP contribution in [0.3, 0.4) is 0 Å². The Morgan fingerprint density at radius 2 is 1.67 bits per heavy atom. The van der Waals surface area contributed by atoms with Crippen molar-refractivity contribution in [1.82, 2.24) is 9.80 Å². The summed E-state index contributed by atoms with van der Waals surface area (Å²) >= 11 is 0. The number of methoxy groups -OCH3 is 2. The topological polar surface area (TPSA) is 42.0 Å². The van der Waals surface area contributed by atoms with E-state index in [4.69, 9.17) is 9.47 Å². The number of benzene rings is 2. The van der Waals surface area contributed by atoms with Crippen molar-refractivity contribution in [2.45, 2.75) is 19.4 Å². The fourth-order valence-electron chi connectivity index (χ4n) is 3.50. The molecule has 1 aliphatic heterocycles. The van der Waals surface area contributed by atoms with Gasteiger partial charge in [-0.25, -0.2) is 0 Å². The summed E-state index contributed by atoms with van der Waals surface area (Å²) in [6.07, 6.45) is 1.39. The zero-order chi connectivity index (χ0) is 19.1. The molecule has 2 aromatic carbocycles. The third kappa shape index (κ3) is 5.23. The summed E-state index contributed by atoms with van der Waals surface area (Å²) in [6, 6.07) is 16.2. The highest BCUT2D eigenvalue weighted by molar-refractivity contribution is 5.79. The predicted octanol–water partition coefficient (Wildman–Crippen LogP) is 2.98. The van der Waals surface area contributed by atoms with Gasteiger partial charge in [-0.05, 0) is 29.7 Å². The minimum Gasteiger partial charge on any atom is -0.493 e. The van der Waals surface area contributed by atoms with E-state index in [1.165, 1.54) is 5.56 Å². The molecule has 144 valence electrons. The monoisotopic (exact) mass is 368 g/mol. The molecule has 0 bridgehead atoms. The number of carbonyl (C=O) groups excluding carboxylic acids is 1. The van der Waals surface area contributed by atoms with Crippen molar-refractivity contribution in [2.75, 3.05) is 40.4 Å². The molecule has 27 heavy (non-hydrogen) atoms. The predicted molar refractivity (Wildman–Crippen MR) is 106 cm³/mol. The molecule has 0 aliphatic carbocycles. The minimum absolute atomic E-state index is 0.170. The largest absolute Gasteiger partial charge is 0.493 e. The van der Waals surface area contributed by atoms with Crippen LogP contribution in [0.15, 0.2) is 48.5 Å². The van der Waals surface area contributed by atoms with Crippen LogP contribution >= 0.6 is 0 Å². The van der Waals surface area contributed by atoms with Gasteiger partial charge in [-0.3, -0.25) is 9.69 Å². The van der Waals surface area contributed by atoms with Gasteiger partial charge in [0, 0.05) is 32.7 Å². The van der Waals surface area contributed by atoms with E-state index in [1.807, 2.05) is 29.2 Å². The average molecular weight is 368 g/mol. The number of nitrogens with zero attached hydrogens (tertiary/aromatic N) is 2. The molecule has 0 atom stereocenters. The van der Waals surface area contributed by atoms with Gasteiger partial charge in [-0.15, -0.1) is 0 Å². The van der Waals surface area contributed by atoms with Gasteiger partial charge in [0.05, 0.1) is 20.6 Å². The molecule has 1 amide bonds. The van der Waals surface area contributed by atoms with Gasteiger partial charge in [-0.1, -0.05) is 36.4 Å². The normalized spacial score (nSPS) is 15.3. The van der Waals surface area contributed by atoms with Crippen molar-refractivity contribution in [3.05, 3.63) is 59.7 Å². The number of carbonyl (C=O) groups is 1. The highest BCUT2D eigenvalue weighted by Crippen LogP contribution is 2.27. The number of hydrogen-bond acceptors (Lipinski definition) is 4.